The van der Waals surface area contributed by atoms with Gasteiger partial charge in [-0.15, -0.1) is 11.3 Å². The largest absolute Gasteiger partial charge is 0.465 e. The summed E-state index contributed by atoms with van der Waals surface area (Å²) >= 11 is 10.4. The van der Waals surface area contributed by atoms with Gasteiger partial charge in [0.25, 0.3) is 0 Å². The zero-order valence-electron chi connectivity index (χ0n) is 6.27. The lowest BCUT2D eigenvalue weighted by Crippen LogP contribution is -1.97. The van der Waals surface area contributed by atoms with E-state index in [1.807, 2.05) is 0 Å². The van der Waals surface area contributed by atoms with E-state index in [0.29, 0.717) is 15.2 Å². The second-order valence-electron chi connectivity index (χ2n) is 2.01. The van der Waals surface area contributed by atoms with E-state index in [4.69, 9.17) is 11.6 Å². The highest BCUT2D eigenvalue weighted by Crippen LogP contribution is 2.28. The second-order valence-corrected chi connectivity index (χ2v) is 4.12. The number of carbonyl (C=O) groups is 1. The number of hydrogen-bond donors (Lipinski definition) is 0. The summed E-state index contributed by atoms with van der Waals surface area (Å²) in [4.78, 5) is 12.5. The van der Waals surface area contributed by atoms with Crippen LogP contribution in [0.3, 0.4) is 0 Å². The zero-order valence-corrected chi connectivity index (χ0v) is 9.42. The van der Waals surface area contributed by atoms with E-state index in [9.17, 15) is 4.79 Å². The molecule has 0 saturated heterocycles. The van der Waals surface area contributed by atoms with Gasteiger partial charge in [0.1, 0.15) is 4.88 Å². The van der Waals surface area contributed by atoms with Crippen LogP contribution in [-0.4, -0.2) is 13.1 Å². The van der Waals surface area contributed by atoms with E-state index >= 15 is 0 Å². The van der Waals surface area contributed by atoms with Gasteiger partial charge in [-0.3, -0.25) is 0 Å². The van der Waals surface area contributed by atoms with Gasteiger partial charge in [0, 0.05) is 10.2 Å². The smallest absolute Gasteiger partial charge is 0.349 e. The van der Waals surface area contributed by atoms with Crippen LogP contribution < -0.4 is 0 Å². The fourth-order valence-corrected chi connectivity index (χ4v) is 2.43. The Morgan fingerprint density at radius 1 is 1.83 bits per heavy atom. The minimum absolute atomic E-state index is 0.378. The van der Waals surface area contributed by atoms with E-state index in [-0.39, 0.29) is 5.97 Å². The molecule has 0 N–H and O–H groups in total. The van der Waals surface area contributed by atoms with Crippen molar-refractivity contribution in [3.63, 3.8) is 0 Å². The average Bonchev–Trinajstić information content (AvgIpc) is 2.45. The van der Waals surface area contributed by atoms with Gasteiger partial charge in [0.05, 0.1) is 12.1 Å². The third kappa shape index (κ3) is 2.00. The number of esters is 1. The molecule has 5 heteroatoms. The number of carbonyl (C=O) groups excluding carboxylic acids is 1. The standard InChI is InChI=1S/C7H6BrClO2S/c1-11-7(10)6-5(9)2-4(3-8)12-6/h2H,3H2,1H3. The number of ether oxygens (including phenoxy) is 1. The molecule has 1 heterocycles. The summed E-state index contributed by atoms with van der Waals surface area (Å²) in [7, 11) is 1.34. The molecule has 0 spiro atoms. The Labute approximate surface area is 87.6 Å². The molecule has 0 fully saturated rings. The predicted molar refractivity (Wildman–Crippen MR) is 53.3 cm³/mol. The third-order valence-corrected chi connectivity index (χ3v) is 3.74. The fraction of sp³-hybridized carbons (Fsp3) is 0.286. The van der Waals surface area contributed by atoms with Crippen molar-refractivity contribution in [2.75, 3.05) is 7.11 Å². The lowest BCUT2D eigenvalue weighted by atomic mass is 10.4. The van der Waals surface area contributed by atoms with Gasteiger partial charge in [-0.25, -0.2) is 4.79 Å². The Morgan fingerprint density at radius 2 is 2.50 bits per heavy atom. The molecular formula is C7H6BrClO2S. The van der Waals surface area contributed by atoms with Crippen LogP contribution in [0, 0.1) is 0 Å². The molecule has 1 rings (SSSR count). The molecule has 0 saturated carbocycles. The molecule has 66 valence electrons. The Morgan fingerprint density at radius 3 is 2.92 bits per heavy atom. The minimum Gasteiger partial charge on any atom is -0.465 e. The first-order chi connectivity index (χ1) is 5.69. The maximum absolute atomic E-state index is 11.1. The van der Waals surface area contributed by atoms with Gasteiger partial charge in [-0.05, 0) is 6.07 Å². The average molecular weight is 270 g/mol. The summed E-state index contributed by atoms with van der Waals surface area (Å²) in [6, 6.07) is 1.76. The number of hydrogen-bond acceptors (Lipinski definition) is 3. The van der Waals surface area contributed by atoms with E-state index in [1.165, 1.54) is 18.4 Å². The number of halogens is 2. The van der Waals surface area contributed by atoms with Gasteiger partial charge >= 0.3 is 5.97 Å². The molecule has 0 radical (unpaired) electrons. The highest BCUT2D eigenvalue weighted by Gasteiger charge is 2.14. The van der Waals surface area contributed by atoms with Crippen LogP contribution in [-0.2, 0) is 10.1 Å². The van der Waals surface area contributed by atoms with Crippen molar-refractivity contribution in [2.24, 2.45) is 0 Å². The second kappa shape index (κ2) is 4.25. The molecule has 0 aliphatic carbocycles. The number of alkyl halides is 1. The first-order valence-electron chi connectivity index (χ1n) is 3.11. The van der Waals surface area contributed by atoms with Crippen molar-refractivity contribution in [3.05, 3.63) is 20.8 Å². The summed E-state index contributed by atoms with van der Waals surface area (Å²) in [6.07, 6.45) is 0. The lowest BCUT2D eigenvalue weighted by molar-refractivity contribution is 0.0606. The highest BCUT2D eigenvalue weighted by atomic mass is 79.9. The normalized spacial score (nSPS) is 9.92. The van der Waals surface area contributed by atoms with Gasteiger partial charge < -0.3 is 4.74 Å². The van der Waals surface area contributed by atoms with Gasteiger partial charge in [-0.1, -0.05) is 27.5 Å². The lowest BCUT2D eigenvalue weighted by Gasteiger charge is -1.93. The first kappa shape index (κ1) is 10.0. The molecule has 0 bridgehead atoms. The minimum atomic E-state index is -0.378. The number of rotatable bonds is 2. The van der Waals surface area contributed by atoms with Crippen LogP contribution in [0.25, 0.3) is 0 Å². The SMILES string of the molecule is COC(=O)c1sc(CBr)cc1Cl. The first-order valence-corrected chi connectivity index (χ1v) is 5.43. The number of methoxy groups -OCH3 is 1. The molecule has 0 unspecified atom stereocenters. The van der Waals surface area contributed by atoms with Crippen LogP contribution >= 0.6 is 38.9 Å². The summed E-state index contributed by atoms with van der Waals surface area (Å²) in [5.41, 5.74) is 0. The Balaban J connectivity index is 2.99. The molecule has 12 heavy (non-hydrogen) atoms. The maximum atomic E-state index is 11.1. The Kier molecular flexibility index (Phi) is 3.55. The topological polar surface area (TPSA) is 26.3 Å². The monoisotopic (exact) mass is 268 g/mol. The molecule has 0 aliphatic rings. The Bertz CT molecular complexity index is 298. The van der Waals surface area contributed by atoms with Crippen molar-refractivity contribution in [2.45, 2.75) is 5.33 Å². The molecular weight excluding hydrogens is 263 g/mol. The van der Waals surface area contributed by atoms with Crippen LogP contribution in [0.5, 0.6) is 0 Å². The van der Waals surface area contributed by atoms with Crippen molar-refractivity contribution >= 4 is 44.8 Å². The molecule has 0 aliphatic heterocycles. The van der Waals surface area contributed by atoms with E-state index < -0.39 is 0 Å². The van der Waals surface area contributed by atoms with E-state index in [1.54, 1.807) is 6.07 Å². The van der Waals surface area contributed by atoms with Crippen LogP contribution in [0.15, 0.2) is 6.07 Å². The van der Waals surface area contributed by atoms with Gasteiger partial charge in [0.15, 0.2) is 0 Å². The maximum Gasteiger partial charge on any atom is 0.349 e. The molecule has 0 aromatic carbocycles. The molecule has 1 aromatic rings. The third-order valence-electron chi connectivity index (χ3n) is 1.24. The van der Waals surface area contributed by atoms with Crippen LogP contribution in [0.2, 0.25) is 5.02 Å². The molecule has 0 amide bonds. The molecule has 0 atom stereocenters. The van der Waals surface area contributed by atoms with Crippen molar-refractivity contribution in [1.29, 1.82) is 0 Å². The predicted octanol–water partition coefficient (Wildman–Crippen LogP) is 3.08. The fourth-order valence-electron chi connectivity index (χ4n) is 0.714. The van der Waals surface area contributed by atoms with E-state index in [0.717, 1.165) is 4.88 Å². The van der Waals surface area contributed by atoms with Crippen molar-refractivity contribution in [1.82, 2.24) is 0 Å². The van der Waals surface area contributed by atoms with E-state index in [2.05, 4.69) is 20.7 Å². The summed E-state index contributed by atoms with van der Waals surface area (Å²) in [5.74, 6) is -0.378. The number of thiophene rings is 1. The molecule has 1 aromatic heterocycles. The zero-order chi connectivity index (χ0) is 9.14. The van der Waals surface area contributed by atoms with Crippen LogP contribution in [0.4, 0.5) is 0 Å². The Hall–Kier alpha value is -0.0600. The van der Waals surface area contributed by atoms with Crippen molar-refractivity contribution < 1.29 is 9.53 Å². The van der Waals surface area contributed by atoms with Crippen molar-refractivity contribution in [3.8, 4) is 0 Å². The summed E-state index contributed by atoms with van der Waals surface area (Å²) < 4.78 is 4.55. The highest BCUT2D eigenvalue weighted by molar-refractivity contribution is 9.08. The summed E-state index contributed by atoms with van der Waals surface area (Å²) in [6.45, 7) is 0. The van der Waals surface area contributed by atoms with Gasteiger partial charge in [0.2, 0.25) is 0 Å². The summed E-state index contributed by atoms with van der Waals surface area (Å²) in [5, 5.41) is 1.16. The van der Waals surface area contributed by atoms with Gasteiger partial charge in [-0.2, -0.15) is 0 Å². The van der Waals surface area contributed by atoms with Crippen LogP contribution in [0.1, 0.15) is 14.5 Å². The quantitative estimate of drug-likeness (QED) is 0.609. The molecule has 2 nitrogen and oxygen atoms in total.